The van der Waals surface area contributed by atoms with Gasteiger partial charge in [-0.05, 0) is 51.5 Å². The molecule has 1 N–H and O–H groups in total. The third-order valence-corrected chi connectivity index (χ3v) is 5.94. The Balaban J connectivity index is 1.71. The Morgan fingerprint density at radius 3 is 2.71 bits per heavy atom. The lowest BCUT2D eigenvalue weighted by molar-refractivity contribution is -0.163. The van der Waals surface area contributed by atoms with Gasteiger partial charge in [-0.3, -0.25) is 4.79 Å². The molecule has 4 nitrogen and oxygen atoms in total. The zero-order valence-corrected chi connectivity index (χ0v) is 13.3. The van der Waals surface area contributed by atoms with E-state index in [4.69, 9.17) is 9.47 Å². The number of ketones is 1. The zero-order valence-electron chi connectivity index (χ0n) is 13.3. The van der Waals surface area contributed by atoms with Gasteiger partial charge in [0.1, 0.15) is 5.78 Å². The van der Waals surface area contributed by atoms with Crippen molar-refractivity contribution in [1.29, 1.82) is 0 Å². The first kappa shape index (κ1) is 15.4. The molecule has 2 unspecified atom stereocenters. The molecule has 3 rings (SSSR count). The van der Waals surface area contributed by atoms with Crippen LogP contribution in [0.25, 0.3) is 0 Å². The fourth-order valence-corrected chi connectivity index (χ4v) is 4.43. The summed E-state index contributed by atoms with van der Waals surface area (Å²) in [4.78, 5) is 13.2. The molecule has 0 saturated carbocycles. The highest BCUT2D eigenvalue weighted by atomic mass is 16.5. The average Bonchev–Trinajstić information content (AvgIpc) is 2.55. The van der Waals surface area contributed by atoms with E-state index in [1.54, 1.807) is 0 Å². The van der Waals surface area contributed by atoms with Crippen molar-refractivity contribution in [2.24, 2.45) is 11.3 Å². The number of hydrogen-bond acceptors (Lipinski definition) is 4. The molecule has 0 bridgehead atoms. The van der Waals surface area contributed by atoms with E-state index in [0.29, 0.717) is 5.78 Å². The van der Waals surface area contributed by atoms with E-state index < -0.39 is 0 Å². The van der Waals surface area contributed by atoms with Gasteiger partial charge in [-0.25, -0.2) is 0 Å². The van der Waals surface area contributed by atoms with E-state index in [2.05, 4.69) is 12.2 Å². The van der Waals surface area contributed by atoms with Crippen molar-refractivity contribution >= 4 is 5.78 Å². The standard InChI is InChI=1S/C17H29NO3/c1-2-16(5-3-8-18-13-16)15(19)14-4-9-21-17(12-14)6-10-20-11-7-17/h14,18H,2-13H2,1H3. The summed E-state index contributed by atoms with van der Waals surface area (Å²) in [6, 6.07) is 0. The van der Waals surface area contributed by atoms with Gasteiger partial charge in [0, 0.05) is 37.7 Å². The minimum Gasteiger partial charge on any atom is -0.381 e. The van der Waals surface area contributed by atoms with Crippen LogP contribution in [0, 0.1) is 11.3 Å². The van der Waals surface area contributed by atoms with Gasteiger partial charge < -0.3 is 14.8 Å². The molecule has 0 radical (unpaired) electrons. The molecule has 0 aromatic rings. The Morgan fingerprint density at radius 2 is 2.05 bits per heavy atom. The highest BCUT2D eigenvalue weighted by Crippen LogP contribution is 2.42. The van der Waals surface area contributed by atoms with E-state index in [9.17, 15) is 4.79 Å². The monoisotopic (exact) mass is 295 g/mol. The van der Waals surface area contributed by atoms with E-state index in [1.165, 1.54) is 0 Å². The second kappa shape index (κ2) is 6.35. The van der Waals surface area contributed by atoms with Crippen LogP contribution in [-0.2, 0) is 14.3 Å². The van der Waals surface area contributed by atoms with Crippen molar-refractivity contribution in [3.63, 3.8) is 0 Å². The van der Waals surface area contributed by atoms with Crippen molar-refractivity contribution in [1.82, 2.24) is 5.32 Å². The predicted molar refractivity (Wildman–Crippen MR) is 81.3 cm³/mol. The van der Waals surface area contributed by atoms with Crippen LogP contribution in [0.15, 0.2) is 0 Å². The third-order valence-electron chi connectivity index (χ3n) is 5.94. The molecule has 120 valence electrons. The maximum atomic E-state index is 13.2. The van der Waals surface area contributed by atoms with Crippen LogP contribution in [0.5, 0.6) is 0 Å². The lowest BCUT2D eigenvalue weighted by Crippen LogP contribution is -2.52. The van der Waals surface area contributed by atoms with Gasteiger partial charge >= 0.3 is 0 Å². The molecule has 3 aliphatic rings. The van der Waals surface area contributed by atoms with Gasteiger partial charge in [-0.2, -0.15) is 0 Å². The number of Topliss-reactive ketones (excluding diaryl/α,β-unsaturated/α-hetero) is 1. The van der Waals surface area contributed by atoms with Crippen molar-refractivity contribution in [3.05, 3.63) is 0 Å². The fourth-order valence-electron chi connectivity index (χ4n) is 4.43. The number of hydrogen-bond donors (Lipinski definition) is 1. The third kappa shape index (κ3) is 3.03. The first-order chi connectivity index (χ1) is 10.2. The number of carbonyl (C=O) groups is 1. The molecule has 0 aliphatic carbocycles. The Kier molecular flexibility index (Phi) is 4.67. The number of ether oxygens (including phenoxy) is 2. The van der Waals surface area contributed by atoms with Gasteiger partial charge in [-0.1, -0.05) is 6.92 Å². The van der Waals surface area contributed by atoms with E-state index >= 15 is 0 Å². The molecular weight excluding hydrogens is 266 g/mol. The van der Waals surface area contributed by atoms with E-state index in [-0.39, 0.29) is 16.9 Å². The maximum absolute atomic E-state index is 13.2. The zero-order chi connectivity index (χ0) is 14.8. The molecule has 21 heavy (non-hydrogen) atoms. The van der Waals surface area contributed by atoms with Gasteiger partial charge in [0.25, 0.3) is 0 Å². The Bertz CT molecular complexity index is 365. The molecule has 3 saturated heterocycles. The predicted octanol–water partition coefficient (Wildman–Crippen LogP) is 2.31. The van der Waals surface area contributed by atoms with Crippen LogP contribution in [0.1, 0.15) is 51.9 Å². The van der Waals surface area contributed by atoms with Crippen LogP contribution in [-0.4, -0.2) is 44.3 Å². The minimum atomic E-state index is -0.118. The van der Waals surface area contributed by atoms with E-state index in [0.717, 1.165) is 77.9 Å². The second-order valence-corrected chi connectivity index (χ2v) is 7.11. The number of piperidine rings is 1. The summed E-state index contributed by atoms with van der Waals surface area (Å²) in [5.41, 5.74) is -0.194. The van der Waals surface area contributed by atoms with Crippen LogP contribution in [0.3, 0.4) is 0 Å². The number of carbonyl (C=O) groups excluding carboxylic acids is 1. The highest BCUT2D eigenvalue weighted by Gasteiger charge is 2.46. The van der Waals surface area contributed by atoms with Gasteiger partial charge in [-0.15, -0.1) is 0 Å². The van der Waals surface area contributed by atoms with E-state index in [1.807, 2.05) is 0 Å². The summed E-state index contributed by atoms with van der Waals surface area (Å²) in [6.45, 7) is 6.40. The van der Waals surface area contributed by atoms with Crippen molar-refractivity contribution in [3.8, 4) is 0 Å². The van der Waals surface area contributed by atoms with Crippen molar-refractivity contribution < 1.29 is 14.3 Å². The van der Waals surface area contributed by atoms with Gasteiger partial charge in [0.05, 0.1) is 5.60 Å². The molecule has 3 fully saturated rings. The molecule has 0 amide bonds. The summed E-state index contributed by atoms with van der Waals surface area (Å²) in [6.07, 6.45) is 6.87. The van der Waals surface area contributed by atoms with Gasteiger partial charge in [0.15, 0.2) is 0 Å². The van der Waals surface area contributed by atoms with Crippen LogP contribution in [0.4, 0.5) is 0 Å². The summed E-state index contributed by atoms with van der Waals surface area (Å²) in [5.74, 6) is 0.697. The number of rotatable bonds is 3. The quantitative estimate of drug-likeness (QED) is 0.868. The SMILES string of the molecule is CCC1(C(=O)C2CCOC3(CCOCC3)C2)CCCNC1. The molecule has 3 heterocycles. The molecular formula is C17H29NO3. The first-order valence-corrected chi connectivity index (χ1v) is 8.66. The lowest BCUT2D eigenvalue weighted by atomic mass is 9.67. The maximum Gasteiger partial charge on any atom is 0.143 e. The second-order valence-electron chi connectivity index (χ2n) is 7.11. The van der Waals surface area contributed by atoms with Crippen LogP contribution in [0.2, 0.25) is 0 Å². The Morgan fingerprint density at radius 1 is 1.24 bits per heavy atom. The van der Waals surface area contributed by atoms with Gasteiger partial charge in [0.2, 0.25) is 0 Å². The number of nitrogens with one attached hydrogen (secondary N) is 1. The molecule has 2 atom stereocenters. The first-order valence-electron chi connectivity index (χ1n) is 8.66. The molecule has 0 aromatic carbocycles. The molecule has 4 heteroatoms. The highest BCUT2D eigenvalue weighted by molar-refractivity contribution is 5.87. The largest absolute Gasteiger partial charge is 0.381 e. The van der Waals surface area contributed by atoms with Crippen LogP contribution >= 0.6 is 0 Å². The summed E-state index contributed by atoms with van der Waals surface area (Å²) < 4.78 is 11.6. The van der Waals surface area contributed by atoms with Crippen LogP contribution < -0.4 is 5.32 Å². The topological polar surface area (TPSA) is 47.6 Å². The van der Waals surface area contributed by atoms with Crippen molar-refractivity contribution in [2.45, 2.75) is 57.5 Å². The molecule has 3 aliphatic heterocycles. The molecule has 1 spiro atoms. The lowest BCUT2D eigenvalue weighted by Gasteiger charge is -2.45. The summed E-state index contributed by atoms with van der Waals surface area (Å²) in [7, 11) is 0. The minimum absolute atomic E-state index is 0.0755. The summed E-state index contributed by atoms with van der Waals surface area (Å²) in [5, 5.41) is 3.45. The Labute approximate surface area is 127 Å². The van der Waals surface area contributed by atoms with Crippen molar-refractivity contribution in [2.75, 3.05) is 32.9 Å². The fraction of sp³-hybridized carbons (Fsp3) is 0.941. The summed E-state index contributed by atoms with van der Waals surface area (Å²) >= 11 is 0. The Hall–Kier alpha value is -0.450. The average molecular weight is 295 g/mol. The smallest absolute Gasteiger partial charge is 0.143 e. The normalized spacial score (nSPS) is 36.5. The molecule has 0 aromatic heterocycles.